The Bertz CT molecular complexity index is 3390. The molecule has 2 heteroatoms. The minimum absolute atomic E-state index is 1.16. The molecule has 0 fully saturated rings. The van der Waals surface area contributed by atoms with Crippen molar-refractivity contribution in [3.63, 3.8) is 0 Å². The fourth-order valence-electron chi connectivity index (χ4n) is 9.37. The number of hydrogen-bond acceptors (Lipinski definition) is 0. The van der Waals surface area contributed by atoms with Crippen molar-refractivity contribution in [3.05, 3.63) is 206 Å². The maximum absolute atomic E-state index is 2.43. The third-order valence-electron chi connectivity index (χ3n) is 11.9. The summed E-state index contributed by atoms with van der Waals surface area (Å²) in [6.45, 7) is 0. The Labute approximate surface area is 324 Å². The highest BCUT2D eigenvalue weighted by atomic mass is 15.0. The van der Waals surface area contributed by atoms with Gasteiger partial charge in [0.05, 0.1) is 22.2 Å². The molecule has 0 aliphatic heterocycles. The van der Waals surface area contributed by atoms with E-state index in [1.807, 2.05) is 0 Å². The number of hydrogen-bond donors (Lipinski definition) is 0. The Balaban J connectivity index is 1.07. The highest BCUT2D eigenvalue weighted by Gasteiger charge is 2.19. The predicted molar refractivity (Wildman–Crippen MR) is 238 cm³/mol. The maximum atomic E-state index is 2.43. The maximum Gasteiger partial charge on any atom is 0.0541 e. The third kappa shape index (κ3) is 4.57. The van der Waals surface area contributed by atoms with Gasteiger partial charge in [0, 0.05) is 27.5 Å². The van der Waals surface area contributed by atoms with Gasteiger partial charge in [0.25, 0.3) is 0 Å². The monoisotopic (exact) mass is 710 g/mol. The molecule has 56 heavy (non-hydrogen) atoms. The second-order valence-electron chi connectivity index (χ2n) is 14.9. The standard InChI is InChI=1S/C54H34N2/c1-2-16-41(17-3-1)55-49-21-7-4-12-40(49)33-52(55)36-26-24-35(25-27-36)47-34-48(46-31-29-38-14-10-13-37-28-30-45(47)54(46)53(37)38)39-15-11-18-42(32-39)56-50-22-8-5-19-43(50)44-20-6-9-23-51(44)56/h1-34H. The molecule has 12 aromatic rings. The van der Waals surface area contributed by atoms with Gasteiger partial charge in [-0.15, -0.1) is 0 Å². The first-order valence-corrected chi connectivity index (χ1v) is 19.3. The van der Waals surface area contributed by atoms with Crippen molar-refractivity contribution < 1.29 is 0 Å². The van der Waals surface area contributed by atoms with Gasteiger partial charge in [-0.05, 0) is 115 Å². The minimum Gasteiger partial charge on any atom is -0.309 e. The van der Waals surface area contributed by atoms with Crippen LogP contribution in [0.4, 0.5) is 0 Å². The number of aromatic nitrogens is 2. The molecule has 0 aliphatic rings. The summed E-state index contributed by atoms with van der Waals surface area (Å²) in [4.78, 5) is 0. The van der Waals surface area contributed by atoms with Crippen LogP contribution in [0.1, 0.15) is 0 Å². The van der Waals surface area contributed by atoms with Gasteiger partial charge in [-0.25, -0.2) is 0 Å². The van der Waals surface area contributed by atoms with Gasteiger partial charge in [0.2, 0.25) is 0 Å². The van der Waals surface area contributed by atoms with Crippen LogP contribution in [0.2, 0.25) is 0 Å². The van der Waals surface area contributed by atoms with Crippen molar-refractivity contribution in [2.24, 2.45) is 0 Å². The van der Waals surface area contributed by atoms with E-state index < -0.39 is 0 Å². The zero-order chi connectivity index (χ0) is 36.7. The van der Waals surface area contributed by atoms with E-state index in [-0.39, 0.29) is 0 Å². The lowest BCUT2D eigenvalue weighted by Gasteiger charge is -2.19. The van der Waals surface area contributed by atoms with Crippen molar-refractivity contribution in [1.82, 2.24) is 9.13 Å². The molecule has 260 valence electrons. The van der Waals surface area contributed by atoms with Crippen molar-refractivity contribution in [2.75, 3.05) is 0 Å². The Morgan fingerprint density at radius 1 is 0.268 bits per heavy atom. The number of benzene rings is 10. The highest BCUT2D eigenvalue weighted by molar-refractivity contribution is 6.28. The lowest BCUT2D eigenvalue weighted by Crippen LogP contribution is -1.96. The quantitative estimate of drug-likeness (QED) is 0.157. The number of rotatable bonds is 5. The number of fused-ring (bicyclic) bond motifs is 4. The molecule has 2 aromatic heterocycles. The fraction of sp³-hybridized carbons (Fsp3) is 0. The largest absolute Gasteiger partial charge is 0.309 e. The van der Waals surface area contributed by atoms with Gasteiger partial charge in [0.15, 0.2) is 0 Å². The van der Waals surface area contributed by atoms with Crippen molar-refractivity contribution in [2.45, 2.75) is 0 Å². The second-order valence-corrected chi connectivity index (χ2v) is 14.9. The number of para-hydroxylation sites is 4. The summed E-state index contributed by atoms with van der Waals surface area (Å²) >= 11 is 0. The molecule has 0 N–H and O–H groups in total. The van der Waals surface area contributed by atoms with Gasteiger partial charge < -0.3 is 9.13 Å². The van der Waals surface area contributed by atoms with E-state index in [0.29, 0.717) is 0 Å². The van der Waals surface area contributed by atoms with Crippen LogP contribution >= 0.6 is 0 Å². The van der Waals surface area contributed by atoms with Crippen LogP contribution in [0, 0.1) is 0 Å². The van der Waals surface area contributed by atoms with E-state index in [1.54, 1.807) is 0 Å². The summed E-state index contributed by atoms with van der Waals surface area (Å²) in [5, 5.41) is 11.5. The smallest absolute Gasteiger partial charge is 0.0541 e. The average Bonchev–Trinajstić information content (AvgIpc) is 3.82. The average molecular weight is 711 g/mol. The first kappa shape index (κ1) is 31.0. The molecule has 0 spiro atoms. The van der Waals surface area contributed by atoms with Crippen LogP contribution in [0.3, 0.4) is 0 Å². The Kier molecular flexibility index (Phi) is 6.66. The van der Waals surface area contributed by atoms with Crippen molar-refractivity contribution in [1.29, 1.82) is 0 Å². The second kappa shape index (κ2) is 12.0. The van der Waals surface area contributed by atoms with Gasteiger partial charge >= 0.3 is 0 Å². The molecule has 2 heterocycles. The normalized spacial score (nSPS) is 11.9. The highest BCUT2D eigenvalue weighted by Crippen LogP contribution is 2.45. The third-order valence-corrected chi connectivity index (χ3v) is 11.9. The predicted octanol–water partition coefficient (Wildman–Crippen LogP) is 14.6. The Morgan fingerprint density at radius 2 is 0.821 bits per heavy atom. The Morgan fingerprint density at radius 3 is 1.54 bits per heavy atom. The molecule has 0 amide bonds. The molecule has 0 saturated heterocycles. The van der Waals surface area contributed by atoms with E-state index in [4.69, 9.17) is 0 Å². The summed E-state index contributed by atoms with van der Waals surface area (Å²) in [6, 6.07) is 75.8. The zero-order valence-corrected chi connectivity index (χ0v) is 30.5. The molecular formula is C54H34N2. The summed E-state index contributed by atoms with van der Waals surface area (Å²) < 4.78 is 4.79. The van der Waals surface area contributed by atoms with Crippen LogP contribution < -0.4 is 0 Å². The molecule has 0 saturated carbocycles. The van der Waals surface area contributed by atoms with Crippen LogP contribution in [-0.4, -0.2) is 9.13 Å². The van der Waals surface area contributed by atoms with Crippen molar-refractivity contribution >= 4 is 65.0 Å². The molecule has 0 unspecified atom stereocenters. The minimum atomic E-state index is 1.16. The van der Waals surface area contributed by atoms with E-state index >= 15 is 0 Å². The van der Waals surface area contributed by atoms with E-state index in [2.05, 4.69) is 215 Å². The summed E-state index contributed by atoms with van der Waals surface area (Å²) in [6.07, 6.45) is 0. The van der Waals surface area contributed by atoms with Crippen LogP contribution in [0.5, 0.6) is 0 Å². The van der Waals surface area contributed by atoms with Crippen LogP contribution in [0.25, 0.3) is 110 Å². The van der Waals surface area contributed by atoms with E-state index in [1.165, 1.54) is 98.5 Å². The summed E-state index contributed by atoms with van der Waals surface area (Å²) in [5.74, 6) is 0. The van der Waals surface area contributed by atoms with Gasteiger partial charge in [0.1, 0.15) is 0 Å². The van der Waals surface area contributed by atoms with Crippen molar-refractivity contribution in [3.8, 4) is 44.9 Å². The molecule has 12 rings (SSSR count). The molecule has 0 atom stereocenters. The first-order chi connectivity index (χ1) is 27.8. The fourth-order valence-corrected chi connectivity index (χ4v) is 9.37. The molecule has 0 bridgehead atoms. The lowest BCUT2D eigenvalue weighted by molar-refractivity contribution is 1.13. The van der Waals surface area contributed by atoms with E-state index in [9.17, 15) is 0 Å². The molecular weight excluding hydrogens is 677 g/mol. The van der Waals surface area contributed by atoms with Crippen LogP contribution in [-0.2, 0) is 0 Å². The zero-order valence-electron chi connectivity index (χ0n) is 30.5. The summed E-state index contributed by atoms with van der Waals surface area (Å²) in [7, 11) is 0. The summed E-state index contributed by atoms with van der Waals surface area (Å²) in [5.41, 5.74) is 13.2. The van der Waals surface area contributed by atoms with Gasteiger partial charge in [-0.2, -0.15) is 0 Å². The Hall–Kier alpha value is -7.42. The molecule has 0 aliphatic carbocycles. The lowest BCUT2D eigenvalue weighted by atomic mass is 9.85. The van der Waals surface area contributed by atoms with Gasteiger partial charge in [-0.3, -0.25) is 0 Å². The molecule has 2 nitrogen and oxygen atoms in total. The SMILES string of the molecule is c1ccc(-n2c(-c3ccc(-c4cc(-c5cccc(-n6c7ccccc7c7ccccc76)c5)c5ccc6cccc7ccc4c5c76)cc3)cc3ccccc32)cc1. The van der Waals surface area contributed by atoms with Gasteiger partial charge in [-0.1, -0.05) is 152 Å². The first-order valence-electron chi connectivity index (χ1n) is 19.3. The topological polar surface area (TPSA) is 9.86 Å². The van der Waals surface area contributed by atoms with E-state index in [0.717, 1.165) is 11.4 Å². The molecule has 0 radical (unpaired) electrons. The number of nitrogens with zero attached hydrogens (tertiary/aromatic N) is 2. The van der Waals surface area contributed by atoms with Crippen LogP contribution in [0.15, 0.2) is 206 Å². The molecule has 10 aromatic carbocycles.